The highest BCUT2D eigenvalue weighted by molar-refractivity contribution is 7.89. The van der Waals surface area contributed by atoms with Crippen LogP contribution in [-0.4, -0.2) is 32.2 Å². The van der Waals surface area contributed by atoms with Gasteiger partial charge in [-0.05, 0) is 30.5 Å². The first-order valence-corrected chi connectivity index (χ1v) is 8.45. The van der Waals surface area contributed by atoms with Gasteiger partial charge in [0.25, 0.3) is 0 Å². The summed E-state index contributed by atoms with van der Waals surface area (Å²) in [4.78, 5) is 22.7. The Hall–Kier alpha value is -1.44. The molecule has 0 bridgehead atoms. The number of aryl methyl sites for hydroxylation is 1. The van der Waals surface area contributed by atoms with Crippen molar-refractivity contribution >= 4 is 33.4 Å². The molecule has 1 aliphatic heterocycles. The second-order valence-corrected chi connectivity index (χ2v) is 6.80. The predicted molar refractivity (Wildman–Crippen MR) is 77.4 cm³/mol. The van der Waals surface area contributed by atoms with E-state index in [-0.39, 0.29) is 23.6 Å². The van der Waals surface area contributed by atoms with E-state index < -0.39 is 22.0 Å². The Labute approximate surface area is 127 Å². The summed E-state index contributed by atoms with van der Waals surface area (Å²) >= 11 is 5.62. The summed E-state index contributed by atoms with van der Waals surface area (Å²) in [6.07, 6.45) is 0.935. The van der Waals surface area contributed by atoms with E-state index in [2.05, 4.69) is 10.0 Å². The SMILES string of the molecule is O=C1CCC(NS(=O)(=O)c2ccc(CCCl)cc2)C(=O)N1. The van der Waals surface area contributed by atoms with Crippen LogP contribution in [0.15, 0.2) is 29.2 Å². The van der Waals surface area contributed by atoms with Gasteiger partial charge >= 0.3 is 0 Å². The molecule has 1 unspecified atom stereocenters. The molecule has 1 atom stereocenters. The van der Waals surface area contributed by atoms with Crippen LogP contribution in [0.5, 0.6) is 0 Å². The molecule has 1 aromatic rings. The quantitative estimate of drug-likeness (QED) is 0.609. The Morgan fingerprint density at radius 3 is 2.48 bits per heavy atom. The minimum Gasteiger partial charge on any atom is -0.295 e. The van der Waals surface area contributed by atoms with Crippen molar-refractivity contribution in [2.45, 2.75) is 30.2 Å². The third-order valence-corrected chi connectivity index (χ3v) is 4.83. The first-order valence-electron chi connectivity index (χ1n) is 6.43. The van der Waals surface area contributed by atoms with E-state index >= 15 is 0 Å². The van der Waals surface area contributed by atoms with E-state index in [9.17, 15) is 18.0 Å². The van der Waals surface area contributed by atoms with Crippen molar-refractivity contribution in [1.82, 2.24) is 10.0 Å². The van der Waals surface area contributed by atoms with Gasteiger partial charge in [0, 0.05) is 12.3 Å². The van der Waals surface area contributed by atoms with Gasteiger partial charge in [-0.3, -0.25) is 14.9 Å². The Morgan fingerprint density at radius 2 is 1.90 bits per heavy atom. The maximum Gasteiger partial charge on any atom is 0.244 e. The zero-order chi connectivity index (χ0) is 15.5. The number of rotatable bonds is 5. The standard InChI is InChI=1S/C13H15ClN2O4S/c14-8-7-9-1-3-10(4-2-9)21(19,20)16-11-5-6-12(17)15-13(11)18/h1-4,11,16H,5-8H2,(H,15,17,18). The molecular weight excluding hydrogens is 316 g/mol. The highest BCUT2D eigenvalue weighted by Crippen LogP contribution is 2.14. The number of imide groups is 1. The first-order chi connectivity index (χ1) is 9.92. The second kappa shape index (κ2) is 6.55. The first kappa shape index (κ1) is 15.9. The number of carbonyl (C=O) groups is 2. The molecule has 1 heterocycles. The largest absolute Gasteiger partial charge is 0.295 e. The van der Waals surface area contributed by atoms with Crippen molar-refractivity contribution in [2.24, 2.45) is 0 Å². The highest BCUT2D eigenvalue weighted by Gasteiger charge is 2.30. The van der Waals surface area contributed by atoms with Crippen LogP contribution in [-0.2, 0) is 26.0 Å². The van der Waals surface area contributed by atoms with Crippen LogP contribution < -0.4 is 10.0 Å². The molecular formula is C13H15ClN2O4S. The molecule has 6 nitrogen and oxygen atoms in total. The van der Waals surface area contributed by atoms with Gasteiger partial charge in [-0.1, -0.05) is 12.1 Å². The monoisotopic (exact) mass is 330 g/mol. The molecule has 2 rings (SSSR count). The Bertz CT molecular complexity index is 643. The number of alkyl halides is 1. The zero-order valence-electron chi connectivity index (χ0n) is 11.1. The van der Waals surface area contributed by atoms with E-state index in [0.717, 1.165) is 5.56 Å². The molecule has 0 saturated carbocycles. The normalized spacial score (nSPS) is 19.4. The van der Waals surface area contributed by atoms with Crippen molar-refractivity contribution in [2.75, 3.05) is 5.88 Å². The van der Waals surface area contributed by atoms with Crippen LogP contribution in [0, 0.1) is 0 Å². The maximum absolute atomic E-state index is 12.2. The average Bonchev–Trinajstić information content (AvgIpc) is 2.43. The molecule has 8 heteroatoms. The van der Waals surface area contributed by atoms with Gasteiger partial charge in [0.2, 0.25) is 21.8 Å². The van der Waals surface area contributed by atoms with Crippen molar-refractivity contribution in [3.63, 3.8) is 0 Å². The molecule has 1 aromatic carbocycles. The molecule has 1 fully saturated rings. The highest BCUT2D eigenvalue weighted by atomic mass is 35.5. The number of hydrogen-bond donors (Lipinski definition) is 2. The van der Waals surface area contributed by atoms with Crippen molar-refractivity contribution < 1.29 is 18.0 Å². The summed E-state index contributed by atoms with van der Waals surface area (Å²) in [7, 11) is -3.80. The van der Waals surface area contributed by atoms with Gasteiger partial charge in [-0.2, -0.15) is 4.72 Å². The van der Waals surface area contributed by atoms with Crippen molar-refractivity contribution in [3.8, 4) is 0 Å². The van der Waals surface area contributed by atoms with Gasteiger partial charge in [0.1, 0.15) is 6.04 Å². The van der Waals surface area contributed by atoms with Gasteiger partial charge in [-0.25, -0.2) is 8.42 Å². The molecule has 21 heavy (non-hydrogen) atoms. The predicted octanol–water partition coefficient (Wildman–Crippen LogP) is 0.551. The van der Waals surface area contributed by atoms with Gasteiger partial charge in [0.15, 0.2) is 0 Å². The van der Waals surface area contributed by atoms with Crippen molar-refractivity contribution in [3.05, 3.63) is 29.8 Å². The number of sulfonamides is 1. The maximum atomic E-state index is 12.2. The number of piperidine rings is 1. The number of halogens is 1. The Kier molecular flexibility index (Phi) is 4.97. The summed E-state index contributed by atoms with van der Waals surface area (Å²) in [5.41, 5.74) is 0.935. The fraction of sp³-hybridized carbons (Fsp3) is 0.385. The minimum absolute atomic E-state index is 0.0746. The van der Waals surface area contributed by atoms with Crippen LogP contribution in [0.3, 0.4) is 0 Å². The smallest absolute Gasteiger partial charge is 0.244 e. The van der Waals surface area contributed by atoms with Crippen LogP contribution >= 0.6 is 11.6 Å². The molecule has 0 radical (unpaired) electrons. The lowest BCUT2D eigenvalue weighted by atomic mass is 10.1. The number of benzene rings is 1. The van der Waals surface area contributed by atoms with E-state index in [1.54, 1.807) is 12.1 Å². The number of nitrogens with one attached hydrogen (secondary N) is 2. The molecule has 114 valence electrons. The molecule has 2 N–H and O–H groups in total. The van der Waals surface area contributed by atoms with Crippen LogP contribution in [0.25, 0.3) is 0 Å². The van der Waals surface area contributed by atoms with E-state index in [1.165, 1.54) is 12.1 Å². The van der Waals surface area contributed by atoms with Crippen LogP contribution in [0.4, 0.5) is 0 Å². The average molecular weight is 331 g/mol. The lowest BCUT2D eigenvalue weighted by molar-refractivity contribution is -0.134. The lowest BCUT2D eigenvalue weighted by Crippen LogP contribution is -2.52. The van der Waals surface area contributed by atoms with Gasteiger partial charge < -0.3 is 0 Å². The van der Waals surface area contributed by atoms with E-state index in [4.69, 9.17) is 11.6 Å². The zero-order valence-corrected chi connectivity index (χ0v) is 12.7. The molecule has 1 aliphatic rings. The third kappa shape index (κ3) is 4.03. The molecule has 1 saturated heterocycles. The fourth-order valence-corrected chi connectivity index (χ4v) is 3.45. The summed E-state index contributed by atoms with van der Waals surface area (Å²) in [6, 6.07) is 5.38. The summed E-state index contributed by atoms with van der Waals surface area (Å²) in [5.74, 6) is -0.546. The minimum atomic E-state index is -3.80. The van der Waals surface area contributed by atoms with E-state index in [0.29, 0.717) is 12.3 Å². The molecule has 0 aliphatic carbocycles. The van der Waals surface area contributed by atoms with Gasteiger partial charge in [0.05, 0.1) is 4.90 Å². The number of carbonyl (C=O) groups excluding carboxylic acids is 2. The summed E-state index contributed by atoms with van der Waals surface area (Å²) < 4.78 is 26.7. The molecule has 2 amide bonds. The van der Waals surface area contributed by atoms with E-state index in [1.807, 2.05) is 0 Å². The Balaban J connectivity index is 2.11. The Morgan fingerprint density at radius 1 is 1.24 bits per heavy atom. The third-order valence-electron chi connectivity index (χ3n) is 3.15. The van der Waals surface area contributed by atoms with Crippen LogP contribution in [0.1, 0.15) is 18.4 Å². The molecule has 0 spiro atoms. The van der Waals surface area contributed by atoms with Crippen molar-refractivity contribution in [1.29, 1.82) is 0 Å². The number of amides is 2. The molecule has 0 aromatic heterocycles. The van der Waals surface area contributed by atoms with Crippen LogP contribution in [0.2, 0.25) is 0 Å². The second-order valence-electron chi connectivity index (χ2n) is 4.71. The fourth-order valence-electron chi connectivity index (χ4n) is 2.01. The lowest BCUT2D eigenvalue weighted by Gasteiger charge is -2.21. The summed E-state index contributed by atoms with van der Waals surface area (Å²) in [5, 5.41) is 2.11. The summed E-state index contributed by atoms with van der Waals surface area (Å²) in [6.45, 7) is 0. The number of hydrogen-bond acceptors (Lipinski definition) is 4. The van der Waals surface area contributed by atoms with Gasteiger partial charge in [-0.15, -0.1) is 11.6 Å². The topological polar surface area (TPSA) is 92.3 Å².